The topological polar surface area (TPSA) is 71.2 Å². The number of aliphatic hydroxyl groups is 1. The average Bonchev–Trinajstić information content (AvgIpc) is 2.90. The maximum Gasteiger partial charge on any atom is 0.213 e. The Balaban J connectivity index is 1.80. The third kappa shape index (κ3) is 4.18. The predicted molar refractivity (Wildman–Crippen MR) is 72.3 cm³/mol. The van der Waals surface area contributed by atoms with E-state index < -0.39 is 6.10 Å². The number of aromatic nitrogens is 2. The van der Waals surface area contributed by atoms with Crippen molar-refractivity contribution in [3.63, 3.8) is 0 Å². The van der Waals surface area contributed by atoms with Crippen molar-refractivity contribution in [3.05, 3.63) is 46.0 Å². The summed E-state index contributed by atoms with van der Waals surface area (Å²) in [6.45, 7) is 1.01. The maximum atomic E-state index is 10.0. The fourth-order valence-electron chi connectivity index (χ4n) is 1.62. The number of rotatable bonds is 6. The summed E-state index contributed by atoms with van der Waals surface area (Å²) in [6, 6.07) is 5.01. The SMILES string of the molecule is OC(CNCCc1ncon1)c1cc(Cl)ccc1Cl. The molecule has 0 saturated carbocycles. The third-order valence-electron chi connectivity index (χ3n) is 2.59. The predicted octanol–water partition coefficient (Wildman–Crippen LogP) is 2.24. The fraction of sp³-hybridized carbons (Fsp3) is 0.333. The average molecular weight is 302 g/mol. The maximum absolute atomic E-state index is 10.0. The van der Waals surface area contributed by atoms with Gasteiger partial charge in [0.15, 0.2) is 5.82 Å². The first-order chi connectivity index (χ1) is 9.16. The van der Waals surface area contributed by atoms with E-state index in [9.17, 15) is 5.11 Å². The van der Waals surface area contributed by atoms with Gasteiger partial charge >= 0.3 is 0 Å². The summed E-state index contributed by atoms with van der Waals surface area (Å²) in [4.78, 5) is 3.90. The second-order valence-corrected chi connectivity index (χ2v) is 4.83. The van der Waals surface area contributed by atoms with E-state index in [-0.39, 0.29) is 0 Å². The Morgan fingerprint density at radius 3 is 2.95 bits per heavy atom. The molecule has 0 fully saturated rings. The third-order valence-corrected chi connectivity index (χ3v) is 3.17. The van der Waals surface area contributed by atoms with Crippen LogP contribution in [0.2, 0.25) is 10.0 Å². The number of benzene rings is 1. The lowest BCUT2D eigenvalue weighted by molar-refractivity contribution is 0.175. The summed E-state index contributed by atoms with van der Waals surface area (Å²) in [6.07, 6.45) is 1.21. The second-order valence-electron chi connectivity index (χ2n) is 3.98. The van der Waals surface area contributed by atoms with Gasteiger partial charge in [0.25, 0.3) is 0 Å². The minimum atomic E-state index is -0.712. The first kappa shape index (κ1) is 14.3. The lowest BCUT2D eigenvalue weighted by Crippen LogP contribution is -2.24. The van der Waals surface area contributed by atoms with Crippen LogP contribution in [0.15, 0.2) is 29.1 Å². The molecule has 102 valence electrons. The molecule has 5 nitrogen and oxygen atoms in total. The van der Waals surface area contributed by atoms with Crippen LogP contribution in [0.3, 0.4) is 0 Å². The van der Waals surface area contributed by atoms with E-state index in [2.05, 4.69) is 20.0 Å². The van der Waals surface area contributed by atoms with Crippen molar-refractivity contribution >= 4 is 23.2 Å². The number of hydrogen-bond donors (Lipinski definition) is 2. The zero-order valence-electron chi connectivity index (χ0n) is 10.0. The normalized spacial score (nSPS) is 12.6. The van der Waals surface area contributed by atoms with Crippen LogP contribution < -0.4 is 5.32 Å². The Morgan fingerprint density at radius 1 is 1.37 bits per heavy atom. The van der Waals surface area contributed by atoms with Crippen molar-refractivity contribution in [2.45, 2.75) is 12.5 Å². The highest BCUT2D eigenvalue weighted by atomic mass is 35.5. The summed E-state index contributed by atoms with van der Waals surface area (Å²) < 4.78 is 4.62. The number of aliphatic hydroxyl groups excluding tert-OH is 1. The van der Waals surface area contributed by atoms with Crippen molar-refractivity contribution in [2.24, 2.45) is 0 Å². The van der Waals surface area contributed by atoms with Crippen molar-refractivity contribution in [3.8, 4) is 0 Å². The number of nitrogens with one attached hydrogen (secondary N) is 1. The van der Waals surface area contributed by atoms with Crippen molar-refractivity contribution in [1.29, 1.82) is 0 Å². The van der Waals surface area contributed by atoms with Gasteiger partial charge in [0, 0.05) is 35.1 Å². The molecule has 2 N–H and O–H groups in total. The summed E-state index contributed by atoms with van der Waals surface area (Å²) in [5.74, 6) is 0.628. The Hall–Kier alpha value is -1.14. The van der Waals surface area contributed by atoms with Crippen LogP contribution in [-0.4, -0.2) is 28.3 Å². The smallest absolute Gasteiger partial charge is 0.213 e. The zero-order chi connectivity index (χ0) is 13.7. The molecule has 2 aromatic rings. The molecule has 0 aliphatic heterocycles. The molecule has 19 heavy (non-hydrogen) atoms. The van der Waals surface area contributed by atoms with Gasteiger partial charge < -0.3 is 14.9 Å². The van der Waals surface area contributed by atoms with Crippen LogP contribution in [0.25, 0.3) is 0 Å². The van der Waals surface area contributed by atoms with Gasteiger partial charge in [0.1, 0.15) is 0 Å². The standard InChI is InChI=1S/C12H13Cl2N3O2/c13-8-1-2-10(14)9(5-8)11(18)6-15-4-3-12-16-7-19-17-12/h1-2,5,7,11,15,18H,3-4,6H2. The highest BCUT2D eigenvalue weighted by molar-refractivity contribution is 6.33. The molecule has 1 unspecified atom stereocenters. The summed E-state index contributed by atoms with van der Waals surface area (Å²) in [5.41, 5.74) is 0.612. The molecule has 1 aromatic carbocycles. The molecule has 1 atom stereocenters. The van der Waals surface area contributed by atoms with Crippen LogP contribution in [-0.2, 0) is 6.42 Å². The molecule has 2 rings (SSSR count). The largest absolute Gasteiger partial charge is 0.387 e. The zero-order valence-corrected chi connectivity index (χ0v) is 11.5. The summed E-state index contributed by atoms with van der Waals surface area (Å²) in [7, 11) is 0. The lowest BCUT2D eigenvalue weighted by Gasteiger charge is -2.13. The molecule has 1 aromatic heterocycles. The van der Waals surface area contributed by atoms with Crippen molar-refractivity contribution in [1.82, 2.24) is 15.5 Å². The first-order valence-electron chi connectivity index (χ1n) is 5.76. The Kier molecular flexibility index (Phi) is 5.15. The van der Waals surface area contributed by atoms with Crippen LogP contribution in [0.1, 0.15) is 17.5 Å². The Bertz CT molecular complexity index is 520. The molecule has 0 aliphatic rings. The molecule has 0 bridgehead atoms. The van der Waals surface area contributed by atoms with Gasteiger partial charge in [-0.25, -0.2) is 0 Å². The molecular formula is C12H13Cl2N3O2. The van der Waals surface area contributed by atoms with Crippen LogP contribution in [0.4, 0.5) is 0 Å². The highest BCUT2D eigenvalue weighted by Crippen LogP contribution is 2.25. The van der Waals surface area contributed by atoms with Crippen LogP contribution in [0, 0.1) is 0 Å². The summed E-state index contributed by atoms with van der Waals surface area (Å²) >= 11 is 11.9. The lowest BCUT2D eigenvalue weighted by atomic mass is 10.1. The van der Waals surface area contributed by atoms with Gasteiger partial charge in [-0.05, 0) is 18.2 Å². The van der Waals surface area contributed by atoms with Crippen molar-refractivity contribution in [2.75, 3.05) is 13.1 Å². The quantitative estimate of drug-likeness (QED) is 0.801. The summed E-state index contributed by atoms with van der Waals surface area (Å²) in [5, 5.41) is 17.9. The molecule has 1 heterocycles. The van der Waals surface area contributed by atoms with E-state index in [1.807, 2.05) is 0 Å². The number of nitrogens with zero attached hydrogens (tertiary/aromatic N) is 2. The number of halogens is 2. The van der Waals surface area contributed by atoms with Gasteiger partial charge in [-0.2, -0.15) is 4.98 Å². The van der Waals surface area contributed by atoms with E-state index >= 15 is 0 Å². The first-order valence-corrected chi connectivity index (χ1v) is 6.51. The van der Waals surface area contributed by atoms with Gasteiger partial charge in [0.05, 0.1) is 6.10 Å². The van der Waals surface area contributed by atoms with E-state index in [4.69, 9.17) is 23.2 Å². The van der Waals surface area contributed by atoms with Gasteiger partial charge in [0.2, 0.25) is 6.39 Å². The molecule has 7 heteroatoms. The molecule has 0 saturated heterocycles. The Morgan fingerprint density at radius 2 is 2.21 bits per heavy atom. The van der Waals surface area contributed by atoms with E-state index in [1.165, 1.54) is 6.39 Å². The molecule has 0 aliphatic carbocycles. The fourth-order valence-corrected chi connectivity index (χ4v) is 2.05. The van der Waals surface area contributed by atoms with Gasteiger partial charge in [-0.3, -0.25) is 0 Å². The molecular weight excluding hydrogens is 289 g/mol. The van der Waals surface area contributed by atoms with Crippen molar-refractivity contribution < 1.29 is 9.63 Å². The van der Waals surface area contributed by atoms with E-state index in [0.717, 1.165) is 0 Å². The molecule has 0 spiro atoms. The van der Waals surface area contributed by atoms with Gasteiger partial charge in [-0.15, -0.1) is 0 Å². The Labute approximate surface area is 120 Å². The van der Waals surface area contributed by atoms with Crippen LogP contribution >= 0.6 is 23.2 Å². The van der Waals surface area contributed by atoms with Gasteiger partial charge in [-0.1, -0.05) is 28.4 Å². The molecule has 0 amide bonds. The number of hydrogen-bond acceptors (Lipinski definition) is 5. The minimum absolute atomic E-state index is 0.373. The second kappa shape index (κ2) is 6.86. The monoisotopic (exact) mass is 301 g/mol. The van der Waals surface area contributed by atoms with E-state index in [0.29, 0.717) is 40.9 Å². The highest BCUT2D eigenvalue weighted by Gasteiger charge is 2.11. The molecule has 0 radical (unpaired) electrons. The van der Waals surface area contributed by atoms with E-state index in [1.54, 1.807) is 18.2 Å². The van der Waals surface area contributed by atoms with Crippen LogP contribution in [0.5, 0.6) is 0 Å². The minimum Gasteiger partial charge on any atom is -0.387 e.